The molecule has 0 atom stereocenters. The standard InChI is InChI=1S/C2H5N5O/c3-2(8)7-6-1-5-4/h1,4H,(H3,3,7,8). The third-order valence-electron chi connectivity index (χ3n) is 0.290. The number of hydrogen-bond donors (Lipinski definition) is 3. The summed E-state index contributed by atoms with van der Waals surface area (Å²) in [5.41, 5.74) is 12.5. The Bertz CT molecular complexity index is 118. The van der Waals surface area contributed by atoms with Gasteiger partial charge in [-0.25, -0.2) is 15.8 Å². The molecule has 0 aliphatic heterocycles. The quantitative estimate of drug-likeness (QED) is 0.194. The Hall–Kier alpha value is -1.46. The molecule has 0 aromatic rings. The van der Waals surface area contributed by atoms with Crippen molar-refractivity contribution in [3.8, 4) is 0 Å². The lowest BCUT2D eigenvalue weighted by atomic mass is 11.1. The van der Waals surface area contributed by atoms with Gasteiger partial charge in [-0.1, -0.05) is 0 Å². The average molecular weight is 115 g/mol. The first-order valence-corrected chi connectivity index (χ1v) is 1.71. The molecule has 4 N–H and O–H groups in total. The Morgan fingerprint density at radius 1 is 1.88 bits per heavy atom. The predicted octanol–water partition coefficient (Wildman–Crippen LogP) is -0.371. The Morgan fingerprint density at radius 2 is 2.50 bits per heavy atom. The van der Waals surface area contributed by atoms with E-state index in [4.69, 9.17) is 5.53 Å². The molecule has 0 aliphatic rings. The fourth-order valence-electron chi connectivity index (χ4n) is 0.121. The van der Waals surface area contributed by atoms with Crippen LogP contribution < -0.4 is 11.2 Å². The number of hydrogen-bond acceptors (Lipinski definition) is 3. The summed E-state index contributed by atoms with van der Waals surface area (Å²) < 4.78 is 0. The van der Waals surface area contributed by atoms with E-state index in [0.29, 0.717) is 0 Å². The number of carbonyl (C=O) groups is 1. The number of primary amides is 1. The number of nitrogens with one attached hydrogen (secondary N) is 2. The van der Waals surface area contributed by atoms with Gasteiger partial charge in [0.15, 0.2) is 6.34 Å². The molecule has 6 nitrogen and oxygen atoms in total. The Morgan fingerprint density at radius 3 is 2.88 bits per heavy atom. The van der Waals surface area contributed by atoms with Crippen molar-refractivity contribution in [3.63, 3.8) is 0 Å². The second-order valence-corrected chi connectivity index (χ2v) is 0.850. The van der Waals surface area contributed by atoms with Crippen molar-refractivity contribution >= 4 is 12.4 Å². The summed E-state index contributed by atoms with van der Waals surface area (Å²) in [6, 6.07) is -0.773. The fraction of sp³-hybridized carbons (Fsp3) is 0. The van der Waals surface area contributed by atoms with Gasteiger partial charge in [-0.05, 0) is 0 Å². The van der Waals surface area contributed by atoms with Crippen molar-refractivity contribution in [2.24, 2.45) is 15.9 Å². The molecule has 0 heterocycles. The SMILES string of the molecule is N=NC=NNC(N)=O. The first-order chi connectivity index (χ1) is 3.77. The highest BCUT2D eigenvalue weighted by atomic mass is 16.2. The van der Waals surface area contributed by atoms with Gasteiger partial charge in [0.1, 0.15) is 0 Å². The summed E-state index contributed by atoms with van der Waals surface area (Å²) >= 11 is 0. The van der Waals surface area contributed by atoms with Crippen LogP contribution in [0.25, 0.3) is 0 Å². The Kier molecular flexibility index (Phi) is 3.04. The second kappa shape index (κ2) is 3.72. The third kappa shape index (κ3) is 4.54. The van der Waals surface area contributed by atoms with Gasteiger partial charge < -0.3 is 5.73 Å². The molecule has 0 aliphatic carbocycles. The van der Waals surface area contributed by atoms with E-state index in [1.54, 1.807) is 0 Å². The van der Waals surface area contributed by atoms with E-state index < -0.39 is 6.03 Å². The second-order valence-electron chi connectivity index (χ2n) is 0.850. The van der Waals surface area contributed by atoms with Crippen molar-refractivity contribution < 1.29 is 4.79 Å². The van der Waals surface area contributed by atoms with Crippen molar-refractivity contribution in [3.05, 3.63) is 0 Å². The average Bonchev–Trinajstić information content (AvgIpc) is 1.66. The summed E-state index contributed by atoms with van der Waals surface area (Å²) in [7, 11) is 0. The molecular formula is C2H5N5O. The first kappa shape index (κ1) is 6.54. The van der Waals surface area contributed by atoms with E-state index in [2.05, 4.69) is 15.9 Å². The van der Waals surface area contributed by atoms with Crippen LogP contribution in [-0.2, 0) is 0 Å². The van der Waals surface area contributed by atoms with Gasteiger partial charge in [0.05, 0.1) is 0 Å². The molecule has 2 amide bonds. The number of nitrogens with zero attached hydrogens (tertiary/aromatic N) is 2. The Balaban J connectivity index is 3.29. The molecule has 0 aromatic carbocycles. The lowest BCUT2D eigenvalue weighted by molar-refractivity contribution is 0.249. The number of urea groups is 1. The van der Waals surface area contributed by atoms with Gasteiger partial charge in [-0.15, -0.1) is 5.11 Å². The molecule has 0 saturated heterocycles. The first-order valence-electron chi connectivity index (χ1n) is 1.71. The van der Waals surface area contributed by atoms with Gasteiger partial charge >= 0.3 is 6.03 Å². The highest BCUT2D eigenvalue weighted by molar-refractivity contribution is 5.72. The van der Waals surface area contributed by atoms with Crippen LogP contribution in [0.15, 0.2) is 10.2 Å². The van der Waals surface area contributed by atoms with Crippen LogP contribution in [0.5, 0.6) is 0 Å². The molecule has 0 rings (SSSR count). The minimum absolute atomic E-state index is 0.773. The highest BCUT2D eigenvalue weighted by Crippen LogP contribution is 1.56. The van der Waals surface area contributed by atoms with Gasteiger partial charge in [0.2, 0.25) is 0 Å². The maximum atomic E-state index is 9.77. The summed E-state index contributed by atoms with van der Waals surface area (Å²) in [6.07, 6.45) is 0.852. The molecule has 8 heavy (non-hydrogen) atoms. The molecule has 0 fully saturated rings. The summed E-state index contributed by atoms with van der Waals surface area (Å²) in [4.78, 5) is 9.77. The molecule has 0 unspecified atom stereocenters. The van der Waals surface area contributed by atoms with Crippen molar-refractivity contribution in [1.82, 2.24) is 5.43 Å². The minimum atomic E-state index is -0.773. The number of amides is 2. The Labute approximate surface area is 45.3 Å². The van der Waals surface area contributed by atoms with Gasteiger partial charge in [0.25, 0.3) is 0 Å². The van der Waals surface area contributed by atoms with Gasteiger partial charge in [-0.3, -0.25) is 0 Å². The zero-order valence-electron chi connectivity index (χ0n) is 3.96. The van der Waals surface area contributed by atoms with E-state index in [0.717, 1.165) is 6.34 Å². The third-order valence-corrected chi connectivity index (χ3v) is 0.290. The van der Waals surface area contributed by atoms with Crippen LogP contribution in [0.2, 0.25) is 0 Å². The van der Waals surface area contributed by atoms with E-state index in [-0.39, 0.29) is 0 Å². The largest absolute Gasteiger partial charge is 0.350 e. The molecule has 0 bridgehead atoms. The van der Waals surface area contributed by atoms with Gasteiger partial charge in [0, 0.05) is 0 Å². The molecular weight excluding hydrogens is 110 g/mol. The van der Waals surface area contributed by atoms with Crippen LogP contribution in [0.4, 0.5) is 4.79 Å². The molecule has 0 radical (unpaired) electrons. The number of rotatable bonds is 2. The highest BCUT2D eigenvalue weighted by Gasteiger charge is 1.79. The normalized spacial score (nSPS) is 9.00. The zero-order valence-corrected chi connectivity index (χ0v) is 3.96. The predicted molar refractivity (Wildman–Crippen MR) is 26.4 cm³/mol. The van der Waals surface area contributed by atoms with Gasteiger partial charge in [-0.2, -0.15) is 5.10 Å². The molecule has 44 valence electrons. The maximum Gasteiger partial charge on any atom is 0.332 e. The van der Waals surface area contributed by atoms with Crippen LogP contribution in [0.3, 0.4) is 0 Å². The van der Waals surface area contributed by atoms with Crippen LogP contribution >= 0.6 is 0 Å². The van der Waals surface area contributed by atoms with E-state index >= 15 is 0 Å². The van der Waals surface area contributed by atoms with Crippen molar-refractivity contribution in [2.45, 2.75) is 0 Å². The topological polar surface area (TPSA) is 104 Å². The number of nitrogens with two attached hydrogens (primary N) is 1. The maximum absolute atomic E-state index is 9.77. The monoisotopic (exact) mass is 115 g/mol. The van der Waals surface area contributed by atoms with E-state index in [1.807, 2.05) is 5.43 Å². The lowest BCUT2D eigenvalue weighted by Crippen LogP contribution is -2.24. The summed E-state index contributed by atoms with van der Waals surface area (Å²) in [6.45, 7) is 0. The lowest BCUT2D eigenvalue weighted by Gasteiger charge is -1.84. The zero-order chi connectivity index (χ0) is 6.41. The minimum Gasteiger partial charge on any atom is -0.350 e. The van der Waals surface area contributed by atoms with Crippen LogP contribution in [0, 0.1) is 5.53 Å². The van der Waals surface area contributed by atoms with Crippen LogP contribution in [-0.4, -0.2) is 12.4 Å². The molecule has 0 aromatic heterocycles. The number of carbonyl (C=O) groups excluding carboxylic acids is 1. The number of hydrazone groups is 1. The summed E-state index contributed by atoms with van der Waals surface area (Å²) in [5.74, 6) is 0. The molecule has 6 heteroatoms. The summed E-state index contributed by atoms with van der Waals surface area (Å²) in [5, 5.41) is 5.78. The van der Waals surface area contributed by atoms with E-state index in [9.17, 15) is 4.79 Å². The smallest absolute Gasteiger partial charge is 0.332 e. The van der Waals surface area contributed by atoms with Crippen molar-refractivity contribution in [1.29, 1.82) is 5.53 Å². The molecule has 0 spiro atoms. The van der Waals surface area contributed by atoms with Crippen molar-refractivity contribution in [2.75, 3.05) is 0 Å². The van der Waals surface area contributed by atoms with Crippen LogP contribution in [0.1, 0.15) is 0 Å². The van der Waals surface area contributed by atoms with E-state index in [1.165, 1.54) is 0 Å². The molecule has 0 saturated carbocycles. The fourth-order valence-corrected chi connectivity index (χ4v) is 0.121.